The van der Waals surface area contributed by atoms with Crippen molar-refractivity contribution in [1.82, 2.24) is 15.1 Å². The van der Waals surface area contributed by atoms with E-state index in [1.165, 1.54) is 22.3 Å². The molecule has 1 atom stereocenters. The summed E-state index contributed by atoms with van der Waals surface area (Å²) in [6.45, 7) is 10.6. The highest BCUT2D eigenvalue weighted by Gasteiger charge is 2.11. The molecule has 1 aromatic heterocycles. The Kier molecular flexibility index (Phi) is 5.57. The van der Waals surface area contributed by atoms with Crippen molar-refractivity contribution in [2.45, 2.75) is 53.1 Å². The molecule has 1 N–H and O–H groups in total. The zero-order valence-corrected chi connectivity index (χ0v) is 13.7. The molecule has 114 valence electrons. The Balaban J connectivity index is 2.07. The highest BCUT2D eigenvalue weighted by atomic mass is 15.3. The van der Waals surface area contributed by atoms with Gasteiger partial charge < -0.3 is 5.32 Å². The van der Waals surface area contributed by atoms with Gasteiger partial charge in [0.05, 0.1) is 6.20 Å². The van der Waals surface area contributed by atoms with Gasteiger partial charge in [-0.1, -0.05) is 36.2 Å². The molecular weight excluding hydrogens is 258 g/mol. The van der Waals surface area contributed by atoms with Gasteiger partial charge in [0.1, 0.15) is 0 Å². The molecule has 0 bridgehead atoms. The Labute approximate surface area is 128 Å². The van der Waals surface area contributed by atoms with E-state index in [1.807, 2.05) is 10.9 Å². The van der Waals surface area contributed by atoms with E-state index in [0.29, 0.717) is 6.04 Å². The molecule has 1 heterocycles. The molecule has 21 heavy (non-hydrogen) atoms. The van der Waals surface area contributed by atoms with Gasteiger partial charge in [-0.3, -0.25) is 4.68 Å². The summed E-state index contributed by atoms with van der Waals surface area (Å²) >= 11 is 0. The maximum Gasteiger partial charge on any atom is 0.0522 e. The first-order valence-corrected chi connectivity index (χ1v) is 7.92. The lowest BCUT2D eigenvalue weighted by atomic mass is 9.98. The minimum Gasteiger partial charge on any atom is -0.314 e. The quantitative estimate of drug-likeness (QED) is 0.846. The topological polar surface area (TPSA) is 29.9 Å². The fourth-order valence-electron chi connectivity index (χ4n) is 2.95. The fourth-order valence-corrected chi connectivity index (χ4v) is 2.95. The minimum atomic E-state index is 0.464. The molecule has 1 aromatic carbocycles. The molecule has 0 saturated heterocycles. The Hall–Kier alpha value is -1.61. The third-order valence-corrected chi connectivity index (χ3v) is 3.75. The Morgan fingerprint density at radius 2 is 1.71 bits per heavy atom. The van der Waals surface area contributed by atoms with Gasteiger partial charge in [0, 0.05) is 18.8 Å². The first kappa shape index (κ1) is 15.8. The van der Waals surface area contributed by atoms with Crippen LogP contribution in [0.5, 0.6) is 0 Å². The number of nitrogens with zero attached hydrogens (tertiary/aromatic N) is 2. The number of hydrogen-bond donors (Lipinski definition) is 1. The van der Waals surface area contributed by atoms with Gasteiger partial charge in [0.25, 0.3) is 0 Å². The summed E-state index contributed by atoms with van der Waals surface area (Å²) in [6, 6.07) is 7.29. The largest absolute Gasteiger partial charge is 0.314 e. The predicted octanol–water partition coefficient (Wildman–Crippen LogP) is 3.28. The van der Waals surface area contributed by atoms with Crippen LogP contribution in [0, 0.1) is 13.8 Å². The molecule has 0 saturated carbocycles. The SMILES string of the molecule is CCNC(Cc1cc(C)cc(C)c1)Cc1cnn(CC)c1. The Bertz CT molecular complexity index is 551. The van der Waals surface area contributed by atoms with Crippen LogP contribution in [-0.4, -0.2) is 22.4 Å². The van der Waals surface area contributed by atoms with Crippen LogP contribution in [0.3, 0.4) is 0 Å². The fraction of sp³-hybridized carbons (Fsp3) is 0.500. The average Bonchev–Trinajstić information content (AvgIpc) is 2.85. The number of rotatable bonds is 7. The van der Waals surface area contributed by atoms with Crippen molar-refractivity contribution in [1.29, 1.82) is 0 Å². The van der Waals surface area contributed by atoms with Gasteiger partial charge >= 0.3 is 0 Å². The van der Waals surface area contributed by atoms with E-state index in [-0.39, 0.29) is 0 Å². The molecular formula is C18H27N3. The van der Waals surface area contributed by atoms with Gasteiger partial charge in [-0.05, 0) is 51.3 Å². The second kappa shape index (κ2) is 7.41. The van der Waals surface area contributed by atoms with Crippen LogP contribution < -0.4 is 5.32 Å². The highest BCUT2D eigenvalue weighted by Crippen LogP contribution is 2.13. The van der Waals surface area contributed by atoms with Crippen LogP contribution in [0.1, 0.15) is 36.1 Å². The van der Waals surface area contributed by atoms with Gasteiger partial charge in [-0.25, -0.2) is 0 Å². The summed E-state index contributed by atoms with van der Waals surface area (Å²) in [5.74, 6) is 0. The molecule has 0 aliphatic carbocycles. The summed E-state index contributed by atoms with van der Waals surface area (Å²) < 4.78 is 2.00. The van der Waals surface area contributed by atoms with Gasteiger partial charge in [-0.15, -0.1) is 0 Å². The lowest BCUT2D eigenvalue weighted by Gasteiger charge is -2.18. The molecule has 1 unspecified atom stereocenters. The van der Waals surface area contributed by atoms with Gasteiger partial charge in [0.2, 0.25) is 0 Å². The molecule has 3 nitrogen and oxygen atoms in total. The third-order valence-electron chi connectivity index (χ3n) is 3.75. The molecule has 0 aliphatic heterocycles. The van der Waals surface area contributed by atoms with Crippen molar-refractivity contribution in [3.05, 3.63) is 52.8 Å². The molecule has 0 amide bonds. The zero-order chi connectivity index (χ0) is 15.2. The summed E-state index contributed by atoms with van der Waals surface area (Å²) in [5, 5.41) is 7.98. The maximum atomic E-state index is 4.37. The molecule has 2 rings (SSSR count). The van der Waals surface area contributed by atoms with Crippen LogP contribution in [0.25, 0.3) is 0 Å². The molecule has 0 radical (unpaired) electrons. The summed E-state index contributed by atoms with van der Waals surface area (Å²) in [4.78, 5) is 0. The van der Waals surface area contributed by atoms with E-state index in [9.17, 15) is 0 Å². The van der Waals surface area contributed by atoms with Crippen molar-refractivity contribution in [2.24, 2.45) is 0 Å². The Morgan fingerprint density at radius 3 is 2.29 bits per heavy atom. The number of likely N-dealkylation sites (N-methyl/N-ethyl adjacent to an activating group) is 1. The van der Waals surface area contributed by atoms with E-state index in [1.54, 1.807) is 0 Å². The van der Waals surface area contributed by atoms with Crippen molar-refractivity contribution in [3.63, 3.8) is 0 Å². The maximum absolute atomic E-state index is 4.37. The van der Waals surface area contributed by atoms with E-state index in [2.05, 4.69) is 62.5 Å². The number of aryl methyl sites for hydroxylation is 3. The highest BCUT2D eigenvalue weighted by molar-refractivity contribution is 5.29. The summed E-state index contributed by atoms with van der Waals surface area (Å²) in [6.07, 6.45) is 6.25. The standard InChI is InChI=1S/C18H27N3/c1-5-19-18(11-17-12-20-21(6-2)13-17)10-16-8-14(3)7-15(4)9-16/h7-9,12-13,18-19H,5-6,10-11H2,1-4H3. The lowest BCUT2D eigenvalue weighted by Crippen LogP contribution is -2.33. The molecule has 3 heteroatoms. The van der Waals surface area contributed by atoms with Gasteiger partial charge in [-0.2, -0.15) is 5.10 Å². The van der Waals surface area contributed by atoms with E-state index in [0.717, 1.165) is 25.9 Å². The summed E-state index contributed by atoms with van der Waals surface area (Å²) in [5.41, 5.74) is 5.42. The molecule has 0 fully saturated rings. The van der Waals surface area contributed by atoms with Crippen LogP contribution in [0.2, 0.25) is 0 Å². The second-order valence-corrected chi connectivity index (χ2v) is 5.86. The van der Waals surface area contributed by atoms with E-state index in [4.69, 9.17) is 0 Å². The first-order valence-electron chi connectivity index (χ1n) is 7.92. The minimum absolute atomic E-state index is 0.464. The van der Waals surface area contributed by atoms with Crippen LogP contribution in [0.4, 0.5) is 0 Å². The van der Waals surface area contributed by atoms with Crippen molar-refractivity contribution >= 4 is 0 Å². The van der Waals surface area contributed by atoms with E-state index >= 15 is 0 Å². The van der Waals surface area contributed by atoms with Crippen LogP contribution in [0.15, 0.2) is 30.6 Å². The molecule has 0 spiro atoms. The van der Waals surface area contributed by atoms with Crippen LogP contribution >= 0.6 is 0 Å². The molecule has 2 aromatic rings. The predicted molar refractivity (Wildman–Crippen MR) is 88.7 cm³/mol. The zero-order valence-electron chi connectivity index (χ0n) is 13.7. The monoisotopic (exact) mass is 285 g/mol. The third kappa shape index (κ3) is 4.71. The normalized spacial score (nSPS) is 12.6. The first-order chi connectivity index (χ1) is 10.1. The summed E-state index contributed by atoms with van der Waals surface area (Å²) in [7, 11) is 0. The van der Waals surface area contributed by atoms with Crippen molar-refractivity contribution in [2.75, 3.05) is 6.54 Å². The second-order valence-electron chi connectivity index (χ2n) is 5.86. The number of nitrogens with one attached hydrogen (secondary N) is 1. The van der Waals surface area contributed by atoms with E-state index < -0.39 is 0 Å². The average molecular weight is 285 g/mol. The smallest absolute Gasteiger partial charge is 0.0522 e. The number of aromatic nitrogens is 2. The van der Waals surface area contributed by atoms with Gasteiger partial charge in [0.15, 0.2) is 0 Å². The lowest BCUT2D eigenvalue weighted by molar-refractivity contribution is 0.521. The van der Waals surface area contributed by atoms with Crippen LogP contribution in [-0.2, 0) is 19.4 Å². The van der Waals surface area contributed by atoms with Crippen molar-refractivity contribution in [3.8, 4) is 0 Å². The molecule has 0 aliphatic rings. The van der Waals surface area contributed by atoms with Crippen molar-refractivity contribution < 1.29 is 0 Å². The number of hydrogen-bond acceptors (Lipinski definition) is 2. The Morgan fingerprint density at radius 1 is 1.05 bits per heavy atom. The number of benzene rings is 1.